The van der Waals surface area contributed by atoms with Gasteiger partial charge in [-0.15, -0.1) is 0 Å². The van der Waals surface area contributed by atoms with E-state index in [4.69, 9.17) is 5.73 Å². The summed E-state index contributed by atoms with van der Waals surface area (Å²) in [5.74, 6) is 0.268. The van der Waals surface area contributed by atoms with Crippen LogP contribution in [0.15, 0.2) is 18.2 Å². The highest BCUT2D eigenvalue weighted by Gasteiger charge is 2.14. The zero-order chi connectivity index (χ0) is 11.4. The fourth-order valence-corrected chi connectivity index (χ4v) is 1.96. The van der Waals surface area contributed by atoms with Crippen molar-refractivity contribution in [2.45, 2.75) is 39.2 Å². The average Bonchev–Trinajstić information content (AvgIpc) is 2.18. The highest BCUT2D eigenvalue weighted by atomic mass is 16.3. The van der Waals surface area contributed by atoms with Gasteiger partial charge in [-0.2, -0.15) is 0 Å². The molecule has 1 rings (SSSR count). The molecule has 1 aromatic rings. The summed E-state index contributed by atoms with van der Waals surface area (Å²) in [5, 5.41) is 9.42. The molecule has 2 nitrogen and oxygen atoms in total. The molecular formula is C13H21NO. The fraction of sp³-hybridized carbons (Fsp3) is 0.538. The van der Waals surface area contributed by atoms with Gasteiger partial charge in [-0.1, -0.05) is 23.8 Å². The quantitative estimate of drug-likeness (QED) is 0.794. The summed E-state index contributed by atoms with van der Waals surface area (Å²) >= 11 is 0. The first-order chi connectivity index (χ1) is 7.04. The maximum Gasteiger partial charge on any atom is 0.0518 e. The van der Waals surface area contributed by atoms with Crippen LogP contribution in [0.5, 0.6) is 0 Å². The number of benzene rings is 1. The number of nitrogens with two attached hydrogens (primary N) is 1. The minimum atomic E-state index is -0.293. The van der Waals surface area contributed by atoms with E-state index in [-0.39, 0.29) is 12.0 Å². The van der Waals surface area contributed by atoms with E-state index in [0.29, 0.717) is 6.54 Å². The van der Waals surface area contributed by atoms with Crippen LogP contribution < -0.4 is 5.73 Å². The monoisotopic (exact) mass is 207 g/mol. The Morgan fingerprint density at radius 3 is 2.53 bits per heavy atom. The van der Waals surface area contributed by atoms with Crippen LogP contribution >= 0.6 is 0 Å². The van der Waals surface area contributed by atoms with E-state index in [1.54, 1.807) is 0 Å². The molecule has 0 aliphatic rings. The van der Waals surface area contributed by atoms with Gasteiger partial charge in [0.2, 0.25) is 0 Å². The first-order valence-electron chi connectivity index (χ1n) is 5.50. The number of aliphatic hydroxyl groups is 1. The third-order valence-electron chi connectivity index (χ3n) is 2.78. The molecule has 84 valence electrons. The lowest BCUT2D eigenvalue weighted by Crippen LogP contribution is -2.18. The molecule has 1 aromatic carbocycles. The van der Waals surface area contributed by atoms with Crippen molar-refractivity contribution in [3.05, 3.63) is 34.9 Å². The van der Waals surface area contributed by atoms with E-state index in [2.05, 4.69) is 32.0 Å². The zero-order valence-electron chi connectivity index (χ0n) is 9.83. The Morgan fingerprint density at radius 2 is 2.00 bits per heavy atom. The van der Waals surface area contributed by atoms with Crippen molar-refractivity contribution in [2.75, 3.05) is 6.54 Å². The van der Waals surface area contributed by atoms with Crippen molar-refractivity contribution >= 4 is 0 Å². The van der Waals surface area contributed by atoms with Gasteiger partial charge in [0.15, 0.2) is 0 Å². The molecule has 0 aromatic heterocycles. The lowest BCUT2D eigenvalue weighted by atomic mass is 9.89. The summed E-state index contributed by atoms with van der Waals surface area (Å²) in [6.45, 7) is 6.58. The van der Waals surface area contributed by atoms with Crippen molar-refractivity contribution in [1.29, 1.82) is 0 Å². The molecule has 0 aliphatic carbocycles. The lowest BCUT2D eigenvalue weighted by Gasteiger charge is -2.19. The van der Waals surface area contributed by atoms with Crippen LogP contribution in [0.3, 0.4) is 0 Å². The molecular weight excluding hydrogens is 186 g/mol. The molecule has 2 heteroatoms. The maximum absolute atomic E-state index is 9.42. The largest absolute Gasteiger partial charge is 0.393 e. The van der Waals surface area contributed by atoms with Gasteiger partial charge in [-0.3, -0.25) is 0 Å². The molecule has 0 amide bonds. The van der Waals surface area contributed by atoms with E-state index in [1.807, 2.05) is 6.92 Å². The second kappa shape index (κ2) is 5.29. The van der Waals surface area contributed by atoms with E-state index in [9.17, 15) is 5.11 Å². The maximum atomic E-state index is 9.42. The molecule has 0 saturated carbocycles. The van der Waals surface area contributed by atoms with Gasteiger partial charge in [0.05, 0.1) is 6.10 Å². The molecule has 2 atom stereocenters. The van der Waals surface area contributed by atoms with Crippen LogP contribution in [0.25, 0.3) is 0 Å². The fourth-order valence-electron chi connectivity index (χ4n) is 1.96. The molecule has 0 fully saturated rings. The molecule has 0 spiro atoms. The van der Waals surface area contributed by atoms with Gasteiger partial charge in [0.1, 0.15) is 0 Å². The first kappa shape index (κ1) is 12.2. The Balaban J connectivity index is 2.95. The van der Waals surface area contributed by atoms with Crippen molar-refractivity contribution in [2.24, 2.45) is 5.73 Å². The summed E-state index contributed by atoms with van der Waals surface area (Å²) in [6.07, 6.45) is 0.444. The van der Waals surface area contributed by atoms with E-state index in [0.717, 1.165) is 6.42 Å². The first-order valence-corrected chi connectivity index (χ1v) is 5.50. The van der Waals surface area contributed by atoms with Crippen LogP contribution in [0.2, 0.25) is 0 Å². The van der Waals surface area contributed by atoms with Gasteiger partial charge >= 0.3 is 0 Å². The minimum absolute atomic E-state index is 0.268. The van der Waals surface area contributed by atoms with Gasteiger partial charge in [0, 0.05) is 0 Å². The van der Waals surface area contributed by atoms with E-state index < -0.39 is 0 Å². The molecule has 15 heavy (non-hydrogen) atoms. The standard InChI is InChI=1S/C13H21NO/c1-9-4-5-10(2)13(6-9)12(8-14)7-11(3)15/h4-6,11-12,15H,7-8,14H2,1-3H3. The lowest BCUT2D eigenvalue weighted by molar-refractivity contribution is 0.175. The molecule has 0 radical (unpaired) electrons. The molecule has 2 unspecified atom stereocenters. The molecule has 0 heterocycles. The topological polar surface area (TPSA) is 46.2 Å². The zero-order valence-corrected chi connectivity index (χ0v) is 9.83. The van der Waals surface area contributed by atoms with Crippen LogP contribution in [-0.2, 0) is 0 Å². The number of hydrogen-bond acceptors (Lipinski definition) is 2. The van der Waals surface area contributed by atoms with Gasteiger partial charge in [0.25, 0.3) is 0 Å². The Labute approximate surface area is 92.1 Å². The third-order valence-corrected chi connectivity index (χ3v) is 2.78. The summed E-state index contributed by atoms with van der Waals surface area (Å²) in [7, 11) is 0. The predicted octanol–water partition coefficient (Wildman–Crippen LogP) is 2.12. The molecule has 0 bridgehead atoms. The number of aryl methyl sites for hydroxylation is 2. The van der Waals surface area contributed by atoms with Gasteiger partial charge in [-0.25, -0.2) is 0 Å². The summed E-state index contributed by atoms with van der Waals surface area (Å²) in [5.41, 5.74) is 9.55. The second-order valence-corrected chi connectivity index (χ2v) is 4.38. The van der Waals surface area contributed by atoms with E-state index >= 15 is 0 Å². The summed E-state index contributed by atoms with van der Waals surface area (Å²) < 4.78 is 0. The minimum Gasteiger partial charge on any atom is -0.393 e. The number of rotatable bonds is 4. The Hall–Kier alpha value is -0.860. The SMILES string of the molecule is Cc1ccc(C)c(C(CN)CC(C)O)c1. The summed E-state index contributed by atoms with van der Waals surface area (Å²) in [4.78, 5) is 0. The van der Waals surface area contributed by atoms with Crippen molar-refractivity contribution < 1.29 is 5.11 Å². The van der Waals surface area contributed by atoms with E-state index in [1.165, 1.54) is 16.7 Å². The Bertz CT molecular complexity index is 320. The average molecular weight is 207 g/mol. The predicted molar refractivity (Wildman–Crippen MR) is 64.0 cm³/mol. The van der Waals surface area contributed by atoms with Gasteiger partial charge < -0.3 is 10.8 Å². The molecule has 3 N–H and O–H groups in total. The van der Waals surface area contributed by atoms with Crippen molar-refractivity contribution in [3.63, 3.8) is 0 Å². The van der Waals surface area contributed by atoms with Crippen LogP contribution in [-0.4, -0.2) is 17.8 Å². The van der Waals surface area contributed by atoms with Crippen molar-refractivity contribution in [3.8, 4) is 0 Å². The summed E-state index contributed by atoms with van der Waals surface area (Å²) in [6, 6.07) is 6.40. The Morgan fingerprint density at radius 1 is 1.33 bits per heavy atom. The molecule has 0 aliphatic heterocycles. The number of hydrogen-bond donors (Lipinski definition) is 2. The second-order valence-electron chi connectivity index (χ2n) is 4.38. The highest BCUT2D eigenvalue weighted by Crippen LogP contribution is 2.24. The van der Waals surface area contributed by atoms with Crippen LogP contribution in [0.4, 0.5) is 0 Å². The van der Waals surface area contributed by atoms with Crippen molar-refractivity contribution in [1.82, 2.24) is 0 Å². The highest BCUT2D eigenvalue weighted by molar-refractivity contribution is 5.33. The smallest absolute Gasteiger partial charge is 0.0518 e. The molecule has 0 saturated heterocycles. The van der Waals surface area contributed by atoms with Crippen LogP contribution in [0, 0.1) is 13.8 Å². The third kappa shape index (κ3) is 3.33. The normalized spacial score (nSPS) is 15.0. The van der Waals surface area contributed by atoms with Gasteiger partial charge in [-0.05, 0) is 50.8 Å². The number of aliphatic hydroxyl groups excluding tert-OH is 1. The van der Waals surface area contributed by atoms with Crippen LogP contribution in [0.1, 0.15) is 36.0 Å². The Kier molecular flexibility index (Phi) is 4.30.